The molecule has 0 bridgehead atoms. The van der Waals surface area contributed by atoms with E-state index < -0.39 is 0 Å². The Labute approximate surface area is 266 Å². The molecular weight excluding hydrogens is 619 g/mol. The van der Waals surface area contributed by atoms with Gasteiger partial charge in [0.05, 0.1) is 13.2 Å². The summed E-state index contributed by atoms with van der Waals surface area (Å²) in [6, 6.07) is 20.0. The Hall–Kier alpha value is -2.41. The molecule has 0 spiro atoms. The van der Waals surface area contributed by atoms with E-state index in [9.17, 15) is 4.79 Å². The lowest BCUT2D eigenvalue weighted by Gasteiger charge is -2.24. The van der Waals surface area contributed by atoms with Gasteiger partial charge in [0, 0.05) is 11.8 Å². The van der Waals surface area contributed by atoms with Crippen LogP contribution in [0.5, 0.6) is 5.75 Å². The third kappa shape index (κ3) is 12.6. The molecule has 0 aliphatic rings. The Balaban J connectivity index is 0.00000588. The molecule has 0 radical (unpaired) electrons. The number of carbonyl (C=O) groups is 1. The van der Waals surface area contributed by atoms with E-state index in [4.69, 9.17) is 4.74 Å². The largest absolute Gasteiger partial charge is 1.00 e. The third-order valence-electron chi connectivity index (χ3n) is 7.69. The average molecular weight is 671 g/mol. The third-order valence-corrected chi connectivity index (χ3v) is 7.69. The van der Waals surface area contributed by atoms with Gasteiger partial charge in [-0.25, -0.2) is 4.57 Å². The number of aryl methyl sites for hydroxylation is 2. The highest BCUT2D eigenvalue weighted by molar-refractivity contribution is 6.05. The van der Waals surface area contributed by atoms with Crippen molar-refractivity contribution < 1.29 is 38.1 Å². The standard InChI is InChI=1S/C36H51N2O2.HI/c1-4-6-7-8-9-10-11-12-13-14-15-19-27-40-35-25-24-32(31(3)28-35)30-38(34-22-17-16-18-23-34)36(39)33-21-20-26-37(5-2)29-33;/h16-18,20-26,28-29H,4-15,19,27,30H2,1-3H3;1H/q+1;/p-1. The summed E-state index contributed by atoms with van der Waals surface area (Å²) < 4.78 is 8.11. The van der Waals surface area contributed by atoms with Gasteiger partial charge in [0.1, 0.15) is 17.9 Å². The number of rotatable bonds is 19. The molecule has 4 nitrogen and oxygen atoms in total. The van der Waals surface area contributed by atoms with Gasteiger partial charge in [-0.2, -0.15) is 0 Å². The number of para-hydroxylation sites is 1. The number of anilines is 1. The van der Waals surface area contributed by atoms with Gasteiger partial charge in [-0.1, -0.05) is 102 Å². The second-order valence-corrected chi connectivity index (χ2v) is 11.0. The van der Waals surface area contributed by atoms with Crippen molar-refractivity contribution in [3.05, 3.63) is 89.7 Å². The van der Waals surface area contributed by atoms with Gasteiger partial charge in [-0.15, -0.1) is 0 Å². The van der Waals surface area contributed by atoms with Gasteiger partial charge in [-0.3, -0.25) is 4.79 Å². The summed E-state index contributed by atoms with van der Waals surface area (Å²) in [7, 11) is 0. The zero-order chi connectivity index (χ0) is 28.4. The van der Waals surface area contributed by atoms with Crippen molar-refractivity contribution in [2.45, 2.75) is 111 Å². The monoisotopic (exact) mass is 670 g/mol. The van der Waals surface area contributed by atoms with Gasteiger partial charge < -0.3 is 33.6 Å². The summed E-state index contributed by atoms with van der Waals surface area (Å²) in [6.45, 7) is 8.56. The second kappa shape index (κ2) is 20.5. The zero-order valence-electron chi connectivity index (χ0n) is 25.6. The molecule has 3 rings (SSSR count). The highest BCUT2D eigenvalue weighted by Crippen LogP contribution is 2.24. The maximum Gasteiger partial charge on any atom is 0.264 e. The molecule has 3 aromatic rings. The summed E-state index contributed by atoms with van der Waals surface area (Å²) in [5, 5.41) is 0. The zero-order valence-corrected chi connectivity index (χ0v) is 27.8. The minimum absolute atomic E-state index is 0. The van der Waals surface area contributed by atoms with Crippen LogP contribution in [0.25, 0.3) is 0 Å². The average Bonchev–Trinajstić information content (AvgIpc) is 2.99. The number of nitrogens with zero attached hydrogens (tertiary/aromatic N) is 2. The fourth-order valence-corrected chi connectivity index (χ4v) is 5.13. The molecular formula is C36H51IN2O2. The molecule has 5 heteroatoms. The van der Waals surface area contributed by atoms with Crippen LogP contribution in [0.2, 0.25) is 0 Å². The molecule has 0 fully saturated rings. The van der Waals surface area contributed by atoms with Crippen LogP contribution < -0.4 is 38.2 Å². The van der Waals surface area contributed by atoms with Gasteiger partial charge >= 0.3 is 0 Å². The number of unbranched alkanes of at least 4 members (excludes halogenated alkanes) is 11. The van der Waals surface area contributed by atoms with E-state index >= 15 is 0 Å². The van der Waals surface area contributed by atoms with E-state index in [0.29, 0.717) is 12.1 Å². The molecule has 0 aliphatic heterocycles. The number of hydrogen-bond donors (Lipinski definition) is 0. The van der Waals surface area contributed by atoms with E-state index in [-0.39, 0.29) is 29.9 Å². The first kappa shape index (κ1) is 34.8. The van der Waals surface area contributed by atoms with E-state index in [1.165, 1.54) is 70.6 Å². The summed E-state index contributed by atoms with van der Waals surface area (Å²) >= 11 is 0. The van der Waals surface area contributed by atoms with Crippen LogP contribution in [0.4, 0.5) is 5.69 Å². The summed E-state index contributed by atoms with van der Waals surface area (Å²) in [4.78, 5) is 15.5. The topological polar surface area (TPSA) is 33.4 Å². The summed E-state index contributed by atoms with van der Waals surface area (Å²) in [6.07, 6.45) is 20.1. The molecule has 1 heterocycles. The lowest BCUT2D eigenvalue weighted by Crippen LogP contribution is -3.00. The molecule has 1 aromatic heterocycles. The SMILES string of the molecule is CCCCCCCCCCCCCCOc1ccc(CN(C(=O)c2ccc[n+](CC)c2)c2ccccc2)c(C)c1.[I-]. The number of pyridine rings is 1. The summed E-state index contributed by atoms with van der Waals surface area (Å²) in [5.74, 6) is 0.912. The van der Waals surface area contributed by atoms with Crippen LogP contribution in [0.15, 0.2) is 73.1 Å². The van der Waals surface area contributed by atoms with Crippen LogP contribution in [-0.2, 0) is 13.1 Å². The molecule has 224 valence electrons. The first-order valence-electron chi connectivity index (χ1n) is 15.7. The minimum atomic E-state index is 0. The molecule has 0 atom stereocenters. The predicted octanol–water partition coefficient (Wildman–Crippen LogP) is 6.23. The molecule has 1 amide bonds. The normalized spacial score (nSPS) is 10.7. The lowest BCUT2D eigenvalue weighted by atomic mass is 10.1. The van der Waals surface area contributed by atoms with E-state index in [1.807, 2.05) is 70.4 Å². The Morgan fingerprint density at radius 2 is 1.41 bits per heavy atom. The number of ether oxygens (including phenoxy) is 1. The van der Waals surface area contributed by atoms with Gasteiger partial charge in [0.25, 0.3) is 5.91 Å². The van der Waals surface area contributed by atoms with Gasteiger partial charge in [0.15, 0.2) is 12.4 Å². The number of hydrogen-bond acceptors (Lipinski definition) is 2. The molecule has 41 heavy (non-hydrogen) atoms. The molecule has 0 saturated carbocycles. The van der Waals surface area contributed by atoms with Crippen molar-refractivity contribution in [1.29, 1.82) is 0 Å². The van der Waals surface area contributed by atoms with E-state index in [1.54, 1.807) is 0 Å². The molecule has 0 saturated heterocycles. The Bertz CT molecular complexity index is 1140. The Kier molecular flexibility index (Phi) is 17.4. The van der Waals surface area contributed by atoms with Crippen LogP contribution in [0.1, 0.15) is 112 Å². The smallest absolute Gasteiger partial charge is 0.264 e. The van der Waals surface area contributed by atoms with Crippen LogP contribution in [0, 0.1) is 6.92 Å². The number of amides is 1. The van der Waals surface area contributed by atoms with Crippen molar-refractivity contribution in [2.75, 3.05) is 11.5 Å². The highest BCUT2D eigenvalue weighted by Gasteiger charge is 2.21. The van der Waals surface area contributed by atoms with Gasteiger partial charge in [0.2, 0.25) is 0 Å². The predicted molar refractivity (Wildman–Crippen MR) is 167 cm³/mol. The van der Waals surface area contributed by atoms with E-state index in [2.05, 4.69) is 32.9 Å². The van der Waals surface area contributed by atoms with Gasteiger partial charge in [-0.05, 0) is 61.7 Å². The Morgan fingerprint density at radius 1 is 0.780 bits per heavy atom. The van der Waals surface area contributed by atoms with E-state index in [0.717, 1.165) is 42.1 Å². The number of benzene rings is 2. The number of aromatic nitrogens is 1. The fourth-order valence-electron chi connectivity index (χ4n) is 5.13. The maximum absolute atomic E-state index is 13.6. The van der Waals surface area contributed by atoms with Crippen molar-refractivity contribution in [3.63, 3.8) is 0 Å². The molecule has 2 aromatic carbocycles. The first-order chi connectivity index (χ1) is 19.6. The Morgan fingerprint density at radius 3 is 2.02 bits per heavy atom. The fraction of sp³-hybridized carbons (Fsp3) is 0.500. The van der Waals surface area contributed by atoms with Crippen molar-refractivity contribution >= 4 is 11.6 Å². The number of halogens is 1. The van der Waals surface area contributed by atoms with Crippen LogP contribution in [0.3, 0.4) is 0 Å². The van der Waals surface area contributed by atoms with Crippen molar-refractivity contribution in [1.82, 2.24) is 0 Å². The molecule has 0 N–H and O–H groups in total. The highest BCUT2D eigenvalue weighted by atomic mass is 127. The van der Waals surface area contributed by atoms with Crippen molar-refractivity contribution in [2.24, 2.45) is 0 Å². The first-order valence-corrected chi connectivity index (χ1v) is 15.7. The minimum Gasteiger partial charge on any atom is -1.00 e. The maximum atomic E-state index is 13.6. The lowest BCUT2D eigenvalue weighted by molar-refractivity contribution is -0.693. The molecule has 0 aliphatic carbocycles. The quantitative estimate of drug-likeness (QED) is 0.0861. The summed E-state index contributed by atoms with van der Waals surface area (Å²) in [5.41, 5.74) is 3.84. The van der Waals surface area contributed by atoms with Crippen LogP contribution in [-0.4, -0.2) is 12.5 Å². The number of carbonyl (C=O) groups excluding carboxylic acids is 1. The second-order valence-electron chi connectivity index (χ2n) is 11.0. The molecule has 0 unspecified atom stereocenters. The van der Waals surface area contributed by atoms with Crippen LogP contribution >= 0.6 is 0 Å². The van der Waals surface area contributed by atoms with Crippen molar-refractivity contribution in [3.8, 4) is 5.75 Å².